The normalized spacial score (nSPS) is 29.2. The van der Waals surface area contributed by atoms with Crippen molar-refractivity contribution in [1.29, 1.82) is 0 Å². The molecule has 1 aliphatic heterocycles. The maximum absolute atomic E-state index is 12.1. The zero-order valence-corrected chi connectivity index (χ0v) is 10.7. The number of carbonyl (C=O) groups excluding carboxylic acids is 1. The van der Waals surface area contributed by atoms with E-state index in [0.717, 1.165) is 32.2 Å². The van der Waals surface area contributed by atoms with E-state index in [-0.39, 0.29) is 18.1 Å². The SMILES string of the molecule is CC(C(=O)NC1CCCC1)N1CCCC(O)C1. The summed E-state index contributed by atoms with van der Waals surface area (Å²) in [7, 11) is 0. The highest BCUT2D eigenvalue weighted by Gasteiger charge is 2.28. The molecule has 0 bridgehead atoms. The molecule has 1 heterocycles. The number of nitrogens with one attached hydrogen (secondary N) is 1. The maximum atomic E-state index is 12.1. The Bertz CT molecular complexity index is 264. The van der Waals surface area contributed by atoms with E-state index in [1.807, 2.05) is 6.92 Å². The van der Waals surface area contributed by atoms with Gasteiger partial charge in [-0.3, -0.25) is 9.69 Å². The summed E-state index contributed by atoms with van der Waals surface area (Å²) in [6, 6.07) is 0.283. The molecule has 0 spiro atoms. The molecule has 2 unspecified atom stereocenters. The van der Waals surface area contributed by atoms with Crippen LogP contribution >= 0.6 is 0 Å². The van der Waals surface area contributed by atoms with Gasteiger partial charge in [0.25, 0.3) is 0 Å². The third-order valence-corrected chi connectivity index (χ3v) is 4.06. The number of likely N-dealkylation sites (tertiary alicyclic amines) is 1. The third-order valence-electron chi connectivity index (χ3n) is 4.06. The predicted octanol–water partition coefficient (Wildman–Crippen LogP) is 0.890. The van der Waals surface area contributed by atoms with Crippen LogP contribution in [-0.2, 0) is 4.79 Å². The summed E-state index contributed by atoms with van der Waals surface area (Å²) in [5, 5.41) is 12.7. The van der Waals surface area contributed by atoms with Crippen LogP contribution < -0.4 is 5.32 Å². The number of piperidine rings is 1. The molecular weight excluding hydrogens is 216 g/mol. The summed E-state index contributed by atoms with van der Waals surface area (Å²) in [5.41, 5.74) is 0. The molecule has 1 aliphatic carbocycles. The number of β-amino-alcohol motifs (C(OH)–C–C–N with tert-alkyl or cyclic N) is 1. The lowest BCUT2D eigenvalue weighted by Gasteiger charge is -2.34. The van der Waals surface area contributed by atoms with Gasteiger partial charge in [-0.15, -0.1) is 0 Å². The first-order valence-corrected chi connectivity index (χ1v) is 6.89. The summed E-state index contributed by atoms with van der Waals surface area (Å²) >= 11 is 0. The summed E-state index contributed by atoms with van der Waals surface area (Å²) in [5.74, 6) is 0.131. The minimum absolute atomic E-state index is 0.106. The van der Waals surface area contributed by atoms with Crippen molar-refractivity contribution in [3.63, 3.8) is 0 Å². The summed E-state index contributed by atoms with van der Waals surface area (Å²) < 4.78 is 0. The fourth-order valence-electron chi connectivity index (χ4n) is 2.89. The van der Waals surface area contributed by atoms with E-state index in [9.17, 15) is 9.90 Å². The summed E-state index contributed by atoms with van der Waals surface area (Å²) in [6.07, 6.45) is 6.33. The Morgan fingerprint density at radius 2 is 2.00 bits per heavy atom. The maximum Gasteiger partial charge on any atom is 0.237 e. The van der Waals surface area contributed by atoms with Gasteiger partial charge in [-0.2, -0.15) is 0 Å². The molecule has 0 radical (unpaired) electrons. The molecule has 4 nitrogen and oxygen atoms in total. The van der Waals surface area contributed by atoms with E-state index in [0.29, 0.717) is 12.6 Å². The Morgan fingerprint density at radius 1 is 1.29 bits per heavy atom. The number of carbonyl (C=O) groups is 1. The number of nitrogens with zero attached hydrogens (tertiary/aromatic N) is 1. The molecule has 2 rings (SSSR count). The summed E-state index contributed by atoms with van der Waals surface area (Å²) in [6.45, 7) is 3.51. The van der Waals surface area contributed by atoms with Crippen molar-refractivity contribution in [2.45, 2.75) is 63.6 Å². The van der Waals surface area contributed by atoms with Crippen LogP contribution in [0.15, 0.2) is 0 Å². The highest BCUT2D eigenvalue weighted by Crippen LogP contribution is 2.18. The third kappa shape index (κ3) is 3.42. The minimum atomic E-state index is -0.259. The molecule has 98 valence electrons. The van der Waals surface area contributed by atoms with Crippen molar-refractivity contribution in [2.75, 3.05) is 13.1 Å². The van der Waals surface area contributed by atoms with Crippen molar-refractivity contribution < 1.29 is 9.90 Å². The van der Waals surface area contributed by atoms with Gasteiger partial charge in [0, 0.05) is 12.6 Å². The van der Waals surface area contributed by atoms with Crippen LogP contribution in [0.5, 0.6) is 0 Å². The van der Waals surface area contributed by atoms with Crippen LogP contribution in [0, 0.1) is 0 Å². The van der Waals surface area contributed by atoms with Crippen LogP contribution in [0.25, 0.3) is 0 Å². The molecule has 1 amide bonds. The molecule has 2 fully saturated rings. The van der Waals surface area contributed by atoms with E-state index < -0.39 is 0 Å². The summed E-state index contributed by atoms with van der Waals surface area (Å²) in [4.78, 5) is 14.2. The monoisotopic (exact) mass is 240 g/mol. The minimum Gasteiger partial charge on any atom is -0.392 e. The van der Waals surface area contributed by atoms with Crippen LogP contribution in [0.1, 0.15) is 45.4 Å². The zero-order valence-electron chi connectivity index (χ0n) is 10.7. The van der Waals surface area contributed by atoms with Crippen LogP contribution in [0.2, 0.25) is 0 Å². The fraction of sp³-hybridized carbons (Fsp3) is 0.923. The Kier molecular flexibility index (Phi) is 4.40. The molecule has 17 heavy (non-hydrogen) atoms. The first kappa shape index (κ1) is 12.8. The van der Waals surface area contributed by atoms with Crippen LogP contribution in [-0.4, -0.2) is 47.2 Å². The molecule has 4 heteroatoms. The molecule has 0 aromatic rings. The largest absolute Gasteiger partial charge is 0.392 e. The Morgan fingerprint density at radius 3 is 2.65 bits per heavy atom. The number of hydrogen-bond acceptors (Lipinski definition) is 3. The Balaban J connectivity index is 1.80. The van der Waals surface area contributed by atoms with Gasteiger partial charge in [0.15, 0.2) is 0 Å². The Hall–Kier alpha value is -0.610. The molecular formula is C13H24N2O2. The van der Waals surface area contributed by atoms with E-state index in [1.165, 1.54) is 12.8 Å². The highest BCUT2D eigenvalue weighted by molar-refractivity contribution is 5.81. The zero-order chi connectivity index (χ0) is 12.3. The Labute approximate surface area is 103 Å². The lowest BCUT2D eigenvalue weighted by Crippen LogP contribution is -2.51. The molecule has 2 aliphatic rings. The molecule has 1 saturated heterocycles. The van der Waals surface area contributed by atoms with E-state index in [2.05, 4.69) is 10.2 Å². The lowest BCUT2D eigenvalue weighted by atomic mass is 10.1. The molecule has 2 atom stereocenters. The van der Waals surface area contributed by atoms with Crippen LogP contribution in [0.4, 0.5) is 0 Å². The average Bonchev–Trinajstić information content (AvgIpc) is 2.80. The quantitative estimate of drug-likeness (QED) is 0.770. The van der Waals surface area contributed by atoms with Crippen molar-refractivity contribution >= 4 is 5.91 Å². The molecule has 1 saturated carbocycles. The highest BCUT2D eigenvalue weighted by atomic mass is 16.3. The van der Waals surface area contributed by atoms with Gasteiger partial charge in [-0.05, 0) is 39.2 Å². The number of amides is 1. The van der Waals surface area contributed by atoms with Gasteiger partial charge in [0.1, 0.15) is 0 Å². The van der Waals surface area contributed by atoms with Gasteiger partial charge in [-0.1, -0.05) is 12.8 Å². The smallest absolute Gasteiger partial charge is 0.237 e. The second kappa shape index (κ2) is 5.83. The topological polar surface area (TPSA) is 52.6 Å². The van der Waals surface area contributed by atoms with Gasteiger partial charge in [-0.25, -0.2) is 0 Å². The first-order chi connectivity index (χ1) is 8.16. The van der Waals surface area contributed by atoms with E-state index in [1.54, 1.807) is 0 Å². The van der Waals surface area contributed by atoms with E-state index in [4.69, 9.17) is 0 Å². The predicted molar refractivity (Wildman–Crippen MR) is 66.7 cm³/mol. The average molecular weight is 240 g/mol. The second-order valence-corrected chi connectivity index (χ2v) is 5.46. The standard InChI is InChI=1S/C13H24N2O2/c1-10(15-8-4-7-12(16)9-15)13(17)14-11-5-2-3-6-11/h10-12,16H,2-9H2,1H3,(H,14,17). The number of rotatable bonds is 3. The fourth-order valence-corrected chi connectivity index (χ4v) is 2.89. The first-order valence-electron chi connectivity index (χ1n) is 6.89. The molecule has 2 N–H and O–H groups in total. The van der Waals surface area contributed by atoms with Gasteiger partial charge in [0.2, 0.25) is 5.91 Å². The van der Waals surface area contributed by atoms with Crippen molar-refractivity contribution in [3.8, 4) is 0 Å². The van der Waals surface area contributed by atoms with Crippen LogP contribution in [0.3, 0.4) is 0 Å². The van der Waals surface area contributed by atoms with Crippen molar-refractivity contribution in [2.24, 2.45) is 0 Å². The van der Waals surface area contributed by atoms with Crippen molar-refractivity contribution in [1.82, 2.24) is 10.2 Å². The van der Waals surface area contributed by atoms with Gasteiger partial charge >= 0.3 is 0 Å². The number of aliphatic hydroxyl groups excluding tert-OH is 1. The van der Waals surface area contributed by atoms with Gasteiger partial charge < -0.3 is 10.4 Å². The molecule has 0 aromatic carbocycles. The van der Waals surface area contributed by atoms with E-state index >= 15 is 0 Å². The molecule has 0 aromatic heterocycles. The second-order valence-electron chi connectivity index (χ2n) is 5.46. The number of hydrogen-bond donors (Lipinski definition) is 2. The lowest BCUT2D eigenvalue weighted by molar-refractivity contribution is -0.127. The number of aliphatic hydroxyl groups is 1. The van der Waals surface area contributed by atoms with Crippen molar-refractivity contribution in [3.05, 3.63) is 0 Å². The van der Waals surface area contributed by atoms with Gasteiger partial charge in [0.05, 0.1) is 12.1 Å².